The third-order valence-corrected chi connectivity index (χ3v) is 5.41. The highest BCUT2D eigenvalue weighted by atomic mass is 32.2. The minimum atomic E-state index is -2.15. The van der Waals surface area contributed by atoms with Crippen molar-refractivity contribution >= 4 is 39.0 Å². The lowest BCUT2D eigenvalue weighted by Crippen LogP contribution is -2.29. The Kier molecular flexibility index (Phi) is 7.13. The van der Waals surface area contributed by atoms with Crippen LogP contribution in [-0.4, -0.2) is 32.6 Å². The fourth-order valence-electron chi connectivity index (χ4n) is 2.71. The molecule has 8 nitrogen and oxygen atoms in total. The molecule has 3 rings (SSSR count). The van der Waals surface area contributed by atoms with Crippen LogP contribution in [0.4, 0.5) is 10.7 Å². The van der Waals surface area contributed by atoms with E-state index in [1.807, 2.05) is 29.2 Å². The third-order valence-electron chi connectivity index (χ3n) is 4.17. The van der Waals surface area contributed by atoms with Gasteiger partial charge in [-0.3, -0.25) is 4.79 Å². The SMILES string of the molecule is COc1ccc(CN(c2ccc(C#N)cc2)c2scnc2C(=O)NCS(=O)O)cc1. The van der Waals surface area contributed by atoms with E-state index in [9.17, 15) is 9.00 Å². The van der Waals surface area contributed by atoms with Crippen LogP contribution in [0.5, 0.6) is 5.75 Å². The number of nitrogens with one attached hydrogen (secondary N) is 1. The monoisotopic (exact) mass is 442 g/mol. The van der Waals surface area contributed by atoms with Crippen LogP contribution < -0.4 is 15.0 Å². The standard InChI is InChI=1S/C20H18N4O4S2/c1-28-17-8-4-15(5-9-17)11-24(16-6-2-14(10-21)3-7-16)20-18(22-12-29-20)19(25)23-13-30(26)27/h2-9,12H,11,13H2,1H3,(H,23,25)(H,26,27). The zero-order valence-electron chi connectivity index (χ0n) is 15.9. The Bertz CT molecular complexity index is 1080. The molecule has 1 atom stereocenters. The Hall–Kier alpha value is -3.26. The van der Waals surface area contributed by atoms with Gasteiger partial charge in [0.15, 0.2) is 16.8 Å². The van der Waals surface area contributed by atoms with Crippen molar-refractivity contribution in [2.75, 3.05) is 17.9 Å². The van der Waals surface area contributed by atoms with Crippen LogP contribution in [-0.2, 0) is 17.6 Å². The van der Waals surface area contributed by atoms with Gasteiger partial charge in [-0.25, -0.2) is 9.19 Å². The molecule has 3 aromatic rings. The molecular formula is C20H18N4O4S2. The number of hydrogen-bond acceptors (Lipinski definition) is 7. The van der Waals surface area contributed by atoms with Crippen LogP contribution in [0.3, 0.4) is 0 Å². The summed E-state index contributed by atoms with van der Waals surface area (Å²) in [5.41, 5.74) is 3.97. The van der Waals surface area contributed by atoms with E-state index in [2.05, 4.69) is 16.4 Å². The first-order valence-corrected chi connectivity index (χ1v) is 10.9. The first-order valence-electron chi connectivity index (χ1n) is 8.71. The molecule has 0 aliphatic rings. The maximum absolute atomic E-state index is 12.5. The summed E-state index contributed by atoms with van der Waals surface area (Å²) in [5, 5.41) is 12.1. The van der Waals surface area contributed by atoms with E-state index in [1.54, 1.807) is 36.9 Å². The fourth-order valence-corrected chi connectivity index (χ4v) is 3.77. The van der Waals surface area contributed by atoms with Gasteiger partial charge in [-0.1, -0.05) is 12.1 Å². The van der Waals surface area contributed by atoms with Crippen LogP contribution >= 0.6 is 11.3 Å². The summed E-state index contributed by atoms with van der Waals surface area (Å²) in [5.74, 6) is -0.189. The molecule has 0 radical (unpaired) electrons. The molecule has 1 aromatic heterocycles. The van der Waals surface area contributed by atoms with Crippen LogP contribution in [0, 0.1) is 11.3 Å². The summed E-state index contributed by atoms with van der Waals surface area (Å²) in [6.45, 7) is 0.435. The second kappa shape index (κ2) is 9.98. The second-order valence-electron chi connectivity index (χ2n) is 6.07. The lowest BCUT2D eigenvalue weighted by Gasteiger charge is -2.24. The van der Waals surface area contributed by atoms with Crippen molar-refractivity contribution in [1.29, 1.82) is 5.26 Å². The highest BCUT2D eigenvalue weighted by molar-refractivity contribution is 7.79. The van der Waals surface area contributed by atoms with Crippen molar-refractivity contribution in [2.45, 2.75) is 6.54 Å². The largest absolute Gasteiger partial charge is 0.497 e. The van der Waals surface area contributed by atoms with Crippen LogP contribution in [0.25, 0.3) is 0 Å². The molecule has 154 valence electrons. The molecule has 0 fully saturated rings. The van der Waals surface area contributed by atoms with Gasteiger partial charge in [-0.05, 0) is 42.0 Å². The number of rotatable bonds is 8. The van der Waals surface area contributed by atoms with Gasteiger partial charge in [0.25, 0.3) is 5.91 Å². The quantitative estimate of drug-likeness (QED) is 0.514. The molecule has 0 spiro atoms. The van der Waals surface area contributed by atoms with Crippen molar-refractivity contribution < 1.29 is 18.3 Å². The van der Waals surface area contributed by atoms with Gasteiger partial charge in [0.1, 0.15) is 16.6 Å². The number of carbonyl (C=O) groups excluding carboxylic acids is 1. The van der Waals surface area contributed by atoms with Gasteiger partial charge in [0.05, 0.1) is 24.3 Å². The molecule has 1 amide bonds. The Morgan fingerprint density at radius 2 is 1.97 bits per heavy atom. The number of hydrogen-bond donors (Lipinski definition) is 2. The number of thiazole rings is 1. The number of nitrogens with zero attached hydrogens (tertiary/aromatic N) is 3. The number of methoxy groups -OCH3 is 1. The Morgan fingerprint density at radius 3 is 2.57 bits per heavy atom. The van der Waals surface area contributed by atoms with Crippen molar-refractivity contribution in [3.8, 4) is 11.8 Å². The second-order valence-corrected chi connectivity index (χ2v) is 7.84. The van der Waals surface area contributed by atoms with Gasteiger partial charge < -0.3 is 19.5 Å². The van der Waals surface area contributed by atoms with Crippen molar-refractivity contribution in [1.82, 2.24) is 10.3 Å². The minimum Gasteiger partial charge on any atom is -0.497 e. The number of nitriles is 1. The van der Waals surface area contributed by atoms with E-state index in [0.717, 1.165) is 17.0 Å². The number of ether oxygens (including phenoxy) is 1. The molecule has 2 N–H and O–H groups in total. The third kappa shape index (κ3) is 5.21. The Labute approximate surface area is 180 Å². The van der Waals surface area contributed by atoms with E-state index in [0.29, 0.717) is 17.1 Å². The van der Waals surface area contributed by atoms with E-state index >= 15 is 0 Å². The first kappa shape index (κ1) is 21.4. The normalized spacial score (nSPS) is 11.4. The zero-order valence-corrected chi connectivity index (χ0v) is 17.6. The van der Waals surface area contributed by atoms with Crippen molar-refractivity contribution in [2.24, 2.45) is 0 Å². The molecule has 0 saturated carbocycles. The average molecular weight is 443 g/mol. The van der Waals surface area contributed by atoms with E-state index < -0.39 is 17.0 Å². The molecule has 30 heavy (non-hydrogen) atoms. The number of amides is 1. The lowest BCUT2D eigenvalue weighted by atomic mass is 10.1. The van der Waals surface area contributed by atoms with Gasteiger partial charge in [-0.2, -0.15) is 5.26 Å². The van der Waals surface area contributed by atoms with Crippen LogP contribution in [0.1, 0.15) is 21.6 Å². The first-order chi connectivity index (χ1) is 14.5. The molecule has 0 bridgehead atoms. The molecule has 0 aliphatic heterocycles. The fraction of sp³-hybridized carbons (Fsp3) is 0.150. The van der Waals surface area contributed by atoms with Crippen LogP contribution in [0.15, 0.2) is 54.0 Å². The summed E-state index contributed by atoms with van der Waals surface area (Å²) < 4.78 is 25.0. The van der Waals surface area contributed by atoms with Crippen molar-refractivity contribution in [3.63, 3.8) is 0 Å². The molecule has 1 unspecified atom stereocenters. The van der Waals surface area contributed by atoms with Gasteiger partial charge >= 0.3 is 0 Å². The Morgan fingerprint density at radius 1 is 1.27 bits per heavy atom. The van der Waals surface area contributed by atoms with E-state index in [-0.39, 0.29) is 11.6 Å². The minimum absolute atomic E-state index is 0.156. The van der Waals surface area contributed by atoms with Gasteiger partial charge in [0.2, 0.25) is 0 Å². The molecule has 0 aliphatic carbocycles. The van der Waals surface area contributed by atoms with Gasteiger partial charge in [0, 0.05) is 12.2 Å². The van der Waals surface area contributed by atoms with Crippen molar-refractivity contribution in [3.05, 3.63) is 70.9 Å². The number of benzene rings is 2. The average Bonchev–Trinajstić information content (AvgIpc) is 3.26. The molecular weight excluding hydrogens is 424 g/mol. The zero-order chi connectivity index (χ0) is 21.5. The highest BCUT2D eigenvalue weighted by Crippen LogP contribution is 2.34. The summed E-state index contributed by atoms with van der Waals surface area (Å²) in [4.78, 5) is 18.6. The summed E-state index contributed by atoms with van der Waals surface area (Å²) in [6, 6.07) is 16.6. The maximum atomic E-state index is 12.5. The topological polar surface area (TPSA) is 116 Å². The number of aromatic nitrogens is 1. The predicted molar refractivity (Wildman–Crippen MR) is 115 cm³/mol. The smallest absolute Gasteiger partial charge is 0.273 e. The summed E-state index contributed by atoms with van der Waals surface area (Å²) in [6.07, 6.45) is 0. The number of anilines is 2. The highest BCUT2D eigenvalue weighted by Gasteiger charge is 2.22. The van der Waals surface area contributed by atoms with E-state index in [4.69, 9.17) is 14.6 Å². The van der Waals surface area contributed by atoms with Crippen LogP contribution in [0.2, 0.25) is 0 Å². The molecule has 1 heterocycles. The molecule has 10 heteroatoms. The van der Waals surface area contributed by atoms with E-state index in [1.165, 1.54) is 11.3 Å². The number of carbonyl (C=O) groups is 1. The maximum Gasteiger partial charge on any atom is 0.273 e. The molecule has 0 saturated heterocycles. The lowest BCUT2D eigenvalue weighted by molar-refractivity contribution is 0.0956. The predicted octanol–water partition coefficient (Wildman–Crippen LogP) is 3.27. The Balaban J connectivity index is 1.97. The molecule has 2 aromatic carbocycles. The summed E-state index contributed by atoms with van der Waals surface area (Å²) in [7, 11) is 1.60. The van der Waals surface area contributed by atoms with Gasteiger partial charge in [-0.15, -0.1) is 11.3 Å². The summed E-state index contributed by atoms with van der Waals surface area (Å²) >= 11 is -0.874.